The van der Waals surface area contributed by atoms with Crippen molar-refractivity contribution in [1.82, 2.24) is 9.80 Å². The molecule has 2 aliphatic heterocycles. The molecule has 4 rings (SSSR count). The predicted molar refractivity (Wildman–Crippen MR) is 105 cm³/mol. The number of carbonyl (C=O) groups excluding carboxylic acids is 1. The molecule has 1 unspecified atom stereocenters. The summed E-state index contributed by atoms with van der Waals surface area (Å²) in [7, 11) is 0. The lowest BCUT2D eigenvalue weighted by Crippen LogP contribution is -2.55. The number of likely N-dealkylation sites (tertiary alicyclic amines) is 1. The van der Waals surface area contributed by atoms with Crippen LogP contribution in [0.5, 0.6) is 5.75 Å². The molecule has 0 aromatic heterocycles. The molecular formula is C22H31FN2O3. The van der Waals surface area contributed by atoms with E-state index in [1.165, 1.54) is 44.4 Å². The van der Waals surface area contributed by atoms with Gasteiger partial charge in [0.25, 0.3) is 0 Å². The maximum Gasteiger partial charge on any atom is 0.248 e. The molecule has 1 aromatic carbocycles. The van der Waals surface area contributed by atoms with Crippen LogP contribution in [0, 0.1) is 11.7 Å². The number of morpholine rings is 1. The Labute approximate surface area is 166 Å². The highest BCUT2D eigenvalue weighted by Gasteiger charge is 2.34. The van der Waals surface area contributed by atoms with Crippen LogP contribution in [0.2, 0.25) is 0 Å². The molecule has 1 amide bonds. The number of rotatable bonds is 6. The first kappa shape index (κ1) is 19.6. The molecule has 0 radical (unpaired) electrons. The van der Waals surface area contributed by atoms with Gasteiger partial charge in [0.2, 0.25) is 5.91 Å². The Morgan fingerprint density at radius 1 is 1.07 bits per heavy atom. The number of halogens is 1. The highest BCUT2D eigenvalue weighted by molar-refractivity contribution is 5.78. The quantitative estimate of drug-likeness (QED) is 0.749. The van der Waals surface area contributed by atoms with Crippen LogP contribution in [-0.4, -0.2) is 67.2 Å². The fourth-order valence-corrected chi connectivity index (χ4v) is 4.79. The van der Waals surface area contributed by atoms with Gasteiger partial charge in [-0.3, -0.25) is 4.79 Å². The summed E-state index contributed by atoms with van der Waals surface area (Å²) in [4.78, 5) is 17.0. The van der Waals surface area contributed by atoms with Gasteiger partial charge in [0.15, 0.2) is 0 Å². The molecule has 3 aliphatic rings. The molecule has 28 heavy (non-hydrogen) atoms. The number of amides is 1. The molecule has 1 atom stereocenters. The third-order valence-corrected chi connectivity index (χ3v) is 6.40. The number of piperidine rings is 1. The number of benzene rings is 1. The van der Waals surface area contributed by atoms with Crippen molar-refractivity contribution in [2.75, 3.05) is 39.4 Å². The van der Waals surface area contributed by atoms with E-state index in [0.29, 0.717) is 24.9 Å². The summed E-state index contributed by atoms with van der Waals surface area (Å²) in [6.45, 7) is 4.48. The third-order valence-electron chi connectivity index (χ3n) is 6.40. The fraction of sp³-hybridized carbons (Fsp3) is 0.682. The highest BCUT2D eigenvalue weighted by atomic mass is 19.1. The minimum atomic E-state index is -0.280. The summed E-state index contributed by atoms with van der Waals surface area (Å²) in [5.74, 6) is 1.31. The van der Waals surface area contributed by atoms with Gasteiger partial charge in [-0.2, -0.15) is 0 Å². The van der Waals surface area contributed by atoms with Crippen molar-refractivity contribution in [2.45, 2.75) is 50.7 Å². The van der Waals surface area contributed by atoms with Crippen LogP contribution in [0.3, 0.4) is 0 Å². The summed E-state index contributed by atoms with van der Waals surface area (Å²) in [6.07, 6.45) is 7.51. The van der Waals surface area contributed by atoms with E-state index in [1.54, 1.807) is 12.1 Å². The molecule has 0 bridgehead atoms. The summed E-state index contributed by atoms with van der Waals surface area (Å²) in [6, 6.07) is 6.30. The zero-order chi connectivity index (χ0) is 19.3. The molecule has 1 aliphatic carbocycles. The molecule has 6 heteroatoms. The number of carbonyl (C=O) groups is 1. The number of hydrogen-bond acceptors (Lipinski definition) is 4. The zero-order valence-electron chi connectivity index (χ0n) is 16.5. The van der Waals surface area contributed by atoms with Crippen molar-refractivity contribution >= 4 is 5.91 Å². The van der Waals surface area contributed by atoms with E-state index in [1.807, 2.05) is 4.90 Å². The van der Waals surface area contributed by atoms with Crippen LogP contribution in [0.15, 0.2) is 24.3 Å². The van der Waals surface area contributed by atoms with Crippen LogP contribution < -0.4 is 4.74 Å². The van der Waals surface area contributed by atoms with Crippen molar-refractivity contribution < 1.29 is 18.7 Å². The summed E-state index contributed by atoms with van der Waals surface area (Å²) in [5, 5.41) is 0. The van der Waals surface area contributed by atoms with Crippen LogP contribution in [0.1, 0.15) is 38.5 Å². The van der Waals surface area contributed by atoms with E-state index >= 15 is 0 Å². The Kier molecular flexibility index (Phi) is 6.47. The Morgan fingerprint density at radius 2 is 1.79 bits per heavy atom. The lowest BCUT2D eigenvalue weighted by atomic mass is 9.99. The minimum Gasteiger partial charge on any atom is -0.491 e. The van der Waals surface area contributed by atoms with Gasteiger partial charge in [-0.25, -0.2) is 4.39 Å². The number of ether oxygens (including phenoxy) is 2. The molecule has 5 nitrogen and oxygen atoms in total. The topological polar surface area (TPSA) is 42.0 Å². The average Bonchev–Trinajstić information content (AvgIpc) is 3.22. The van der Waals surface area contributed by atoms with Crippen LogP contribution in [0.25, 0.3) is 0 Å². The molecule has 2 saturated heterocycles. The highest BCUT2D eigenvalue weighted by Crippen LogP contribution is 2.27. The third kappa shape index (κ3) is 5.03. The second kappa shape index (κ2) is 9.23. The van der Waals surface area contributed by atoms with Crippen molar-refractivity contribution in [3.63, 3.8) is 0 Å². The summed E-state index contributed by atoms with van der Waals surface area (Å²) < 4.78 is 24.4. The van der Waals surface area contributed by atoms with Gasteiger partial charge in [-0.05, 0) is 55.9 Å². The first-order chi connectivity index (χ1) is 13.7. The molecule has 0 N–H and O–H groups in total. The van der Waals surface area contributed by atoms with Gasteiger partial charge >= 0.3 is 0 Å². The smallest absolute Gasteiger partial charge is 0.248 e. The summed E-state index contributed by atoms with van der Waals surface area (Å²) in [5.41, 5.74) is 0. The average molecular weight is 390 g/mol. The normalized spacial score (nSPS) is 25.4. The molecule has 1 saturated carbocycles. The second-order valence-electron chi connectivity index (χ2n) is 8.43. The van der Waals surface area contributed by atoms with E-state index < -0.39 is 0 Å². The first-order valence-corrected chi connectivity index (χ1v) is 10.7. The van der Waals surface area contributed by atoms with E-state index in [-0.39, 0.29) is 24.4 Å². The van der Waals surface area contributed by atoms with Gasteiger partial charge in [0.1, 0.15) is 30.9 Å². The Balaban J connectivity index is 1.24. The van der Waals surface area contributed by atoms with Gasteiger partial charge in [0.05, 0.1) is 6.54 Å². The lowest BCUT2D eigenvalue weighted by molar-refractivity contribution is -0.155. The van der Waals surface area contributed by atoms with Crippen molar-refractivity contribution in [3.05, 3.63) is 30.1 Å². The Morgan fingerprint density at radius 3 is 2.50 bits per heavy atom. The van der Waals surface area contributed by atoms with Gasteiger partial charge in [0, 0.05) is 25.7 Å². The molecule has 154 valence electrons. The maximum atomic E-state index is 13.0. The number of hydrogen-bond donors (Lipinski definition) is 0. The van der Waals surface area contributed by atoms with E-state index in [2.05, 4.69) is 4.90 Å². The second-order valence-corrected chi connectivity index (χ2v) is 8.43. The van der Waals surface area contributed by atoms with E-state index in [4.69, 9.17) is 9.47 Å². The predicted octanol–water partition coefficient (Wildman–Crippen LogP) is 3.09. The van der Waals surface area contributed by atoms with Crippen LogP contribution >= 0.6 is 0 Å². The minimum absolute atomic E-state index is 0.0901. The standard InChI is InChI=1S/C22H31FN2O3/c23-18-5-7-20(8-6-18)27-15-21-14-25(22(26)16-28-21)19-9-11-24(12-10-19)13-17-3-1-2-4-17/h5-8,17,19,21H,1-4,9-16H2. The lowest BCUT2D eigenvalue weighted by Gasteiger charge is -2.42. The van der Waals surface area contributed by atoms with Crippen LogP contribution in [-0.2, 0) is 9.53 Å². The SMILES string of the molecule is O=C1COC(COc2ccc(F)cc2)CN1C1CCN(CC2CCCC2)CC1. The van der Waals surface area contributed by atoms with Crippen molar-refractivity contribution in [2.24, 2.45) is 5.92 Å². The monoisotopic (exact) mass is 390 g/mol. The zero-order valence-corrected chi connectivity index (χ0v) is 16.5. The maximum absolute atomic E-state index is 13.0. The van der Waals surface area contributed by atoms with E-state index in [0.717, 1.165) is 31.8 Å². The largest absolute Gasteiger partial charge is 0.491 e. The van der Waals surface area contributed by atoms with Gasteiger partial charge in [-0.1, -0.05) is 12.8 Å². The first-order valence-electron chi connectivity index (χ1n) is 10.7. The van der Waals surface area contributed by atoms with Gasteiger partial charge < -0.3 is 19.3 Å². The van der Waals surface area contributed by atoms with Crippen molar-refractivity contribution in [3.8, 4) is 5.75 Å². The Hall–Kier alpha value is -1.66. The van der Waals surface area contributed by atoms with Gasteiger partial charge in [-0.15, -0.1) is 0 Å². The molecule has 1 aromatic rings. The summed E-state index contributed by atoms with van der Waals surface area (Å²) >= 11 is 0. The molecule has 3 fully saturated rings. The van der Waals surface area contributed by atoms with Crippen molar-refractivity contribution in [1.29, 1.82) is 0 Å². The number of nitrogens with zero attached hydrogens (tertiary/aromatic N) is 2. The molecular weight excluding hydrogens is 359 g/mol. The Bertz CT molecular complexity index is 640. The van der Waals surface area contributed by atoms with E-state index in [9.17, 15) is 9.18 Å². The molecule has 2 heterocycles. The fourth-order valence-electron chi connectivity index (χ4n) is 4.79. The molecule has 0 spiro atoms. The van der Waals surface area contributed by atoms with Crippen LogP contribution in [0.4, 0.5) is 4.39 Å².